The number of unbranched alkanes of at least 4 members (excludes halogenated alkanes) is 1. The largest absolute Gasteiger partial charge is 0.271 e. The Kier molecular flexibility index (Phi) is 4.63. The van der Waals surface area contributed by atoms with Crippen LogP contribution in [-0.2, 0) is 0 Å². The fourth-order valence-corrected chi connectivity index (χ4v) is 1.71. The van der Waals surface area contributed by atoms with E-state index in [0.29, 0.717) is 6.04 Å². The molecule has 0 radical (unpaired) electrons. The maximum Gasteiger partial charge on any atom is 0.0462 e. The molecule has 0 spiro atoms. The molecule has 1 aromatic carbocycles. The van der Waals surface area contributed by atoms with Gasteiger partial charge in [0.15, 0.2) is 0 Å². The van der Waals surface area contributed by atoms with Gasteiger partial charge >= 0.3 is 0 Å². The molecule has 0 aliphatic rings. The molecule has 1 unspecified atom stereocenters. The summed E-state index contributed by atoms with van der Waals surface area (Å²) in [6, 6.07) is 8.71. The van der Waals surface area contributed by atoms with Crippen molar-refractivity contribution in [2.75, 3.05) is 0 Å². The highest BCUT2D eigenvalue weighted by Gasteiger charge is 2.10. The van der Waals surface area contributed by atoms with E-state index in [1.807, 2.05) is 0 Å². The van der Waals surface area contributed by atoms with E-state index >= 15 is 0 Å². The summed E-state index contributed by atoms with van der Waals surface area (Å²) >= 11 is 0. The Labute approximate surface area is 86.5 Å². The van der Waals surface area contributed by atoms with Crippen LogP contribution in [0.1, 0.15) is 43.4 Å². The van der Waals surface area contributed by atoms with Crippen LogP contribution in [0.25, 0.3) is 0 Å². The first kappa shape index (κ1) is 11.2. The topological polar surface area (TPSA) is 38.0 Å². The third-order valence-corrected chi connectivity index (χ3v) is 2.61. The molecule has 0 saturated carbocycles. The van der Waals surface area contributed by atoms with Crippen molar-refractivity contribution in [3.8, 4) is 0 Å². The van der Waals surface area contributed by atoms with Crippen molar-refractivity contribution in [3.63, 3.8) is 0 Å². The standard InChI is InChI=1S/C12H20N2/c1-3-4-9-12(14-13)11-8-6-5-7-10(11)2/h5-8,12,14H,3-4,9,13H2,1-2H3. The lowest BCUT2D eigenvalue weighted by molar-refractivity contribution is 0.493. The lowest BCUT2D eigenvalue weighted by Crippen LogP contribution is -2.28. The minimum absolute atomic E-state index is 0.302. The van der Waals surface area contributed by atoms with Crippen LogP contribution < -0.4 is 11.3 Å². The molecular weight excluding hydrogens is 172 g/mol. The first-order chi connectivity index (χ1) is 6.79. The minimum Gasteiger partial charge on any atom is -0.271 e. The molecule has 0 aliphatic heterocycles. The van der Waals surface area contributed by atoms with Crippen molar-refractivity contribution < 1.29 is 0 Å². The fraction of sp³-hybridized carbons (Fsp3) is 0.500. The Hall–Kier alpha value is -0.860. The molecule has 1 atom stereocenters. The van der Waals surface area contributed by atoms with Crippen LogP contribution in [0.5, 0.6) is 0 Å². The Morgan fingerprint density at radius 1 is 1.36 bits per heavy atom. The number of aryl methyl sites for hydroxylation is 1. The van der Waals surface area contributed by atoms with Gasteiger partial charge < -0.3 is 0 Å². The van der Waals surface area contributed by atoms with E-state index < -0.39 is 0 Å². The molecule has 3 N–H and O–H groups in total. The molecule has 0 fully saturated rings. The van der Waals surface area contributed by atoms with Gasteiger partial charge in [0.25, 0.3) is 0 Å². The van der Waals surface area contributed by atoms with Crippen molar-refractivity contribution in [3.05, 3.63) is 35.4 Å². The van der Waals surface area contributed by atoms with E-state index in [0.717, 1.165) is 6.42 Å². The highest BCUT2D eigenvalue weighted by Crippen LogP contribution is 2.21. The number of hydrogen-bond acceptors (Lipinski definition) is 2. The average Bonchev–Trinajstić information content (AvgIpc) is 2.21. The zero-order valence-corrected chi connectivity index (χ0v) is 9.09. The molecule has 0 aromatic heterocycles. The monoisotopic (exact) mass is 192 g/mol. The summed E-state index contributed by atoms with van der Waals surface area (Å²) in [4.78, 5) is 0. The molecule has 0 amide bonds. The zero-order valence-electron chi connectivity index (χ0n) is 9.09. The van der Waals surface area contributed by atoms with E-state index in [-0.39, 0.29) is 0 Å². The summed E-state index contributed by atoms with van der Waals surface area (Å²) in [7, 11) is 0. The lowest BCUT2D eigenvalue weighted by atomic mass is 9.98. The molecule has 0 saturated heterocycles. The Bertz CT molecular complexity index is 271. The molecular formula is C12H20N2. The van der Waals surface area contributed by atoms with Gasteiger partial charge in [0, 0.05) is 6.04 Å². The van der Waals surface area contributed by atoms with Crippen LogP contribution >= 0.6 is 0 Å². The number of hydrogen-bond donors (Lipinski definition) is 2. The summed E-state index contributed by atoms with van der Waals surface area (Å²) in [6.45, 7) is 4.33. The number of hydrazine groups is 1. The summed E-state index contributed by atoms with van der Waals surface area (Å²) in [5.41, 5.74) is 5.53. The van der Waals surface area contributed by atoms with E-state index in [4.69, 9.17) is 5.84 Å². The Balaban J connectivity index is 2.73. The normalized spacial score (nSPS) is 12.8. The van der Waals surface area contributed by atoms with E-state index in [1.165, 1.54) is 24.0 Å². The summed E-state index contributed by atoms with van der Waals surface area (Å²) in [5.74, 6) is 5.56. The molecule has 78 valence electrons. The van der Waals surface area contributed by atoms with Crippen LogP contribution in [0.3, 0.4) is 0 Å². The second kappa shape index (κ2) is 5.78. The third kappa shape index (κ3) is 2.82. The molecule has 14 heavy (non-hydrogen) atoms. The minimum atomic E-state index is 0.302. The van der Waals surface area contributed by atoms with Gasteiger partial charge in [0.1, 0.15) is 0 Å². The second-order valence-electron chi connectivity index (χ2n) is 3.72. The van der Waals surface area contributed by atoms with E-state index in [9.17, 15) is 0 Å². The van der Waals surface area contributed by atoms with E-state index in [1.54, 1.807) is 0 Å². The van der Waals surface area contributed by atoms with Crippen LogP contribution in [-0.4, -0.2) is 0 Å². The van der Waals surface area contributed by atoms with Gasteiger partial charge in [-0.05, 0) is 24.5 Å². The van der Waals surface area contributed by atoms with Crippen molar-refractivity contribution in [1.29, 1.82) is 0 Å². The van der Waals surface area contributed by atoms with Gasteiger partial charge in [-0.25, -0.2) is 0 Å². The van der Waals surface area contributed by atoms with Gasteiger partial charge in [-0.3, -0.25) is 11.3 Å². The molecule has 0 heterocycles. The average molecular weight is 192 g/mol. The van der Waals surface area contributed by atoms with Crippen molar-refractivity contribution in [1.82, 2.24) is 5.43 Å². The first-order valence-corrected chi connectivity index (χ1v) is 5.31. The fourth-order valence-electron chi connectivity index (χ4n) is 1.71. The zero-order chi connectivity index (χ0) is 10.4. The molecule has 2 heteroatoms. The first-order valence-electron chi connectivity index (χ1n) is 5.31. The second-order valence-corrected chi connectivity index (χ2v) is 3.72. The van der Waals surface area contributed by atoms with Crippen LogP contribution in [0.15, 0.2) is 24.3 Å². The molecule has 1 rings (SSSR count). The predicted octanol–water partition coefficient (Wildman–Crippen LogP) is 2.69. The van der Waals surface area contributed by atoms with Gasteiger partial charge in [-0.1, -0.05) is 44.0 Å². The SMILES string of the molecule is CCCCC(NN)c1ccccc1C. The summed E-state index contributed by atoms with van der Waals surface area (Å²) < 4.78 is 0. The Morgan fingerprint density at radius 3 is 2.64 bits per heavy atom. The highest BCUT2D eigenvalue weighted by atomic mass is 15.2. The van der Waals surface area contributed by atoms with Crippen LogP contribution in [0, 0.1) is 6.92 Å². The lowest BCUT2D eigenvalue weighted by Gasteiger charge is -2.17. The van der Waals surface area contributed by atoms with Gasteiger partial charge in [-0.15, -0.1) is 0 Å². The highest BCUT2D eigenvalue weighted by molar-refractivity contribution is 5.28. The van der Waals surface area contributed by atoms with Crippen molar-refractivity contribution in [2.45, 2.75) is 39.2 Å². The maximum atomic E-state index is 5.56. The quantitative estimate of drug-likeness (QED) is 0.556. The van der Waals surface area contributed by atoms with E-state index in [2.05, 4.69) is 43.5 Å². The summed E-state index contributed by atoms with van der Waals surface area (Å²) in [5, 5.41) is 0. The maximum absolute atomic E-state index is 5.56. The number of nitrogens with two attached hydrogens (primary N) is 1. The third-order valence-electron chi connectivity index (χ3n) is 2.61. The van der Waals surface area contributed by atoms with Crippen molar-refractivity contribution in [2.24, 2.45) is 5.84 Å². The molecule has 1 aromatic rings. The Morgan fingerprint density at radius 2 is 2.07 bits per heavy atom. The smallest absolute Gasteiger partial charge is 0.0462 e. The van der Waals surface area contributed by atoms with Gasteiger partial charge in [0.2, 0.25) is 0 Å². The van der Waals surface area contributed by atoms with Crippen LogP contribution in [0.4, 0.5) is 0 Å². The predicted molar refractivity (Wildman–Crippen MR) is 60.8 cm³/mol. The van der Waals surface area contributed by atoms with Gasteiger partial charge in [0.05, 0.1) is 0 Å². The molecule has 0 bridgehead atoms. The molecule has 0 aliphatic carbocycles. The van der Waals surface area contributed by atoms with Crippen LogP contribution in [0.2, 0.25) is 0 Å². The number of nitrogens with one attached hydrogen (secondary N) is 1. The van der Waals surface area contributed by atoms with Gasteiger partial charge in [-0.2, -0.15) is 0 Å². The molecule has 2 nitrogen and oxygen atoms in total. The number of benzene rings is 1. The summed E-state index contributed by atoms with van der Waals surface area (Å²) in [6.07, 6.45) is 3.53. The number of rotatable bonds is 5. The van der Waals surface area contributed by atoms with Crippen molar-refractivity contribution >= 4 is 0 Å².